The van der Waals surface area contributed by atoms with E-state index in [-0.39, 0.29) is 18.2 Å². The van der Waals surface area contributed by atoms with E-state index < -0.39 is 5.41 Å². The average Bonchev–Trinajstić information content (AvgIpc) is 3.22. The van der Waals surface area contributed by atoms with E-state index in [1.165, 1.54) is 6.07 Å². The van der Waals surface area contributed by atoms with Crippen molar-refractivity contribution in [1.82, 2.24) is 24.3 Å². The first-order valence-electron chi connectivity index (χ1n) is 10.6. The summed E-state index contributed by atoms with van der Waals surface area (Å²) in [6.07, 6.45) is 3.63. The number of benzene rings is 1. The summed E-state index contributed by atoms with van der Waals surface area (Å²) >= 11 is 0. The minimum atomic E-state index is -0.445. The van der Waals surface area contributed by atoms with Crippen LogP contribution in [0.25, 0.3) is 22.3 Å². The van der Waals surface area contributed by atoms with Gasteiger partial charge in [0.25, 0.3) is 5.56 Å². The molecule has 8 nitrogen and oxygen atoms in total. The van der Waals surface area contributed by atoms with Crippen molar-refractivity contribution in [2.45, 2.75) is 33.4 Å². The third kappa shape index (κ3) is 4.55. The molecule has 0 radical (unpaired) electrons. The topological polar surface area (TPSA) is 97.9 Å². The molecule has 1 atom stereocenters. The van der Waals surface area contributed by atoms with Crippen LogP contribution in [-0.2, 0) is 13.6 Å². The molecular weight excluding hydrogens is 404 g/mol. The molecule has 0 aliphatic heterocycles. The lowest BCUT2D eigenvalue weighted by molar-refractivity contribution is 0.141. The highest BCUT2D eigenvalue weighted by Crippen LogP contribution is 2.23. The smallest absolute Gasteiger partial charge is 0.252 e. The van der Waals surface area contributed by atoms with Crippen molar-refractivity contribution in [3.8, 4) is 11.3 Å². The molecule has 0 aliphatic carbocycles. The van der Waals surface area contributed by atoms with E-state index in [1.807, 2.05) is 52.2 Å². The van der Waals surface area contributed by atoms with Gasteiger partial charge >= 0.3 is 0 Å². The summed E-state index contributed by atoms with van der Waals surface area (Å²) in [6, 6.07) is 13.4. The average molecular weight is 433 g/mol. The third-order valence-corrected chi connectivity index (χ3v) is 5.50. The predicted octanol–water partition coefficient (Wildman–Crippen LogP) is 3.38. The molecule has 0 amide bonds. The van der Waals surface area contributed by atoms with E-state index in [9.17, 15) is 9.90 Å². The number of aryl methyl sites for hydroxylation is 1. The maximum absolute atomic E-state index is 12.5. The van der Waals surface area contributed by atoms with Crippen LogP contribution >= 0.6 is 0 Å². The summed E-state index contributed by atoms with van der Waals surface area (Å²) < 4.78 is 3.39. The highest BCUT2D eigenvalue weighted by Gasteiger charge is 2.20. The maximum atomic E-state index is 12.5. The van der Waals surface area contributed by atoms with Gasteiger partial charge in [0, 0.05) is 55.0 Å². The van der Waals surface area contributed by atoms with Crippen LogP contribution in [0.1, 0.15) is 32.4 Å². The van der Waals surface area contributed by atoms with Gasteiger partial charge in [-0.15, -0.1) is 0 Å². The lowest BCUT2D eigenvalue weighted by Gasteiger charge is -2.23. The number of hydrogen-bond donors (Lipinski definition) is 2. The number of aromatic nitrogens is 5. The number of fused-ring (bicyclic) bond motifs is 1. The fourth-order valence-corrected chi connectivity index (χ4v) is 3.56. The highest BCUT2D eigenvalue weighted by molar-refractivity contribution is 5.75. The first-order chi connectivity index (χ1) is 15.3. The molecule has 0 spiro atoms. The molecule has 3 heterocycles. The Balaban J connectivity index is 1.59. The molecule has 0 aliphatic rings. The van der Waals surface area contributed by atoms with Crippen molar-refractivity contribution in [2.75, 3.05) is 11.9 Å². The number of hydrogen-bond acceptors (Lipinski definition) is 6. The Kier molecular flexibility index (Phi) is 5.80. The zero-order chi connectivity index (χ0) is 22.9. The minimum absolute atomic E-state index is 0.0302. The Bertz CT molecular complexity index is 1290. The van der Waals surface area contributed by atoms with Crippen LogP contribution in [0.15, 0.2) is 59.7 Å². The second-order valence-electron chi connectivity index (χ2n) is 8.92. The third-order valence-electron chi connectivity index (χ3n) is 5.50. The Labute approximate surface area is 186 Å². The van der Waals surface area contributed by atoms with Crippen LogP contribution in [0.2, 0.25) is 0 Å². The molecule has 0 fully saturated rings. The van der Waals surface area contributed by atoms with E-state index in [0.717, 1.165) is 22.2 Å². The standard InChI is InChI=1S/C24H28N6O2/c1-16(17-5-7-18(8-6-17)20-11-12-29(4)28-20)26-23-25-13-19-9-10-21(32)30(22(19)27-23)14-24(2,3)15-31/h5-13,16,31H,14-15H2,1-4H3,(H,25,26,27)/t16-/m0/s1. The number of aliphatic hydroxyl groups is 1. The van der Waals surface area contributed by atoms with Gasteiger partial charge in [0.2, 0.25) is 5.95 Å². The summed E-state index contributed by atoms with van der Waals surface area (Å²) in [4.78, 5) is 21.6. The molecular formula is C24H28N6O2. The molecule has 8 heteroatoms. The zero-order valence-corrected chi connectivity index (χ0v) is 18.8. The van der Waals surface area contributed by atoms with E-state index in [2.05, 4.69) is 32.5 Å². The lowest BCUT2D eigenvalue weighted by atomic mass is 9.95. The van der Waals surface area contributed by atoms with Crippen LogP contribution in [0.3, 0.4) is 0 Å². The molecule has 0 saturated heterocycles. The SMILES string of the molecule is C[C@H](Nc1ncc2ccc(=O)n(CC(C)(C)CO)c2n1)c1ccc(-c2ccn(C)n2)cc1. The van der Waals surface area contributed by atoms with Gasteiger partial charge in [-0.1, -0.05) is 38.1 Å². The van der Waals surface area contributed by atoms with Crippen LogP contribution in [0.4, 0.5) is 5.95 Å². The summed E-state index contributed by atoms with van der Waals surface area (Å²) in [5.41, 5.74) is 3.02. The van der Waals surface area contributed by atoms with Crippen molar-refractivity contribution in [1.29, 1.82) is 0 Å². The van der Waals surface area contributed by atoms with E-state index in [0.29, 0.717) is 18.1 Å². The van der Waals surface area contributed by atoms with Crippen molar-refractivity contribution in [3.05, 3.63) is 70.8 Å². The predicted molar refractivity (Wildman–Crippen MR) is 125 cm³/mol. The Hall–Kier alpha value is -3.52. The molecule has 166 valence electrons. The van der Waals surface area contributed by atoms with Gasteiger partial charge in [-0.05, 0) is 24.6 Å². The fraction of sp³-hybridized carbons (Fsp3) is 0.333. The van der Waals surface area contributed by atoms with Gasteiger partial charge < -0.3 is 10.4 Å². The summed E-state index contributed by atoms with van der Waals surface area (Å²) in [5, 5.41) is 18.2. The largest absolute Gasteiger partial charge is 0.396 e. The van der Waals surface area contributed by atoms with Crippen molar-refractivity contribution < 1.29 is 5.11 Å². The van der Waals surface area contributed by atoms with Gasteiger partial charge in [0.05, 0.1) is 11.7 Å². The van der Waals surface area contributed by atoms with E-state index in [4.69, 9.17) is 0 Å². The summed E-state index contributed by atoms with van der Waals surface area (Å²) in [6.45, 7) is 6.19. The highest BCUT2D eigenvalue weighted by atomic mass is 16.3. The maximum Gasteiger partial charge on any atom is 0.252 e. The lowest BCUT2D eigenvalue weighted by Crippen LogP contribution is -2.31. The normalized spacial score (nSPS) is 12.8. The van der Waals surface area contributed by atoms with Crippen LogP contribution in [0, 0.1) is 5.41 Å². The second kappa shape index (κ2) is 8.55. The van der Waals surface area contributed by atoms with Gasteiger partial charge in [-0.2, -0.15) is 10.1 Å². The number of aliphatic hydroxyl groups excluding tert-OH is 1. The molecule has 3 aromatic heterocycles. The Morgan fingerprint density at radius 1 is 1.12 bits per heavy atom. The van der Waals surface area contributed by atoms with Gasteiger partial charge in [-0.25, -0.2) is 4.98 Å². The first kappa shape index (κ1) is 21.7. The van der Waals surface area contributed by atoms with Crippen molar-refractivity contribution in [3.63, 3.8) is 0 Å². The molecule has 32 heavy (non-hydrogen) atoms. The number of nitrogens with one attached hydrogen (secondary N) is 1. The monoisotopic (exact) mass is 432 g/mol. The van der Waals surface area contributed by atoms with Crippen LogP contribution in [-0.4, -0.2) is 36.0 Å². The van der Waals surface area contributed by atoms with Gasteiger partial charge in [-0.3, -0.25) is 14.0 Å². The number of anilines is 1. The van der Waals surface area contributed by atoms with E-state index in [1.54, 1.807) is 21.5 Å². The molecule has 2 N–H and O–H groups in total. The van der Waals surface area contributed by atoms with Gasteiger partial charge in [0.15, 0.2) is 0 Å². The van der Waals surface area contributed by atoms with Crippen LogP contribution in [0.5, 0.6) is 0 Å². The van der Waals surface area contributed by atoms with Crippen molar-refractivity contribution in [2.24, 2.45) is 12.5 Å². The first-order valence-corrected chi connectivity index (χ1v) is 10.6. The summed E-state index contributed by atoms with van der Waals surface area (Å²) in [5.74, 6) is 0.444. The zero-order valence-electron chi connectivity index (χ0n) is 18.8. The fourth-order valence-electron chi connectivity index (χ4n) is 3.56. The number of pyridine rings is 1. The molecule has 1 aromatic carbocycles. The second-order valence-corrected chi connectivity index (χ2v) is 8.92. The molecule has 0 unspecified atom stereocenters. The summed E-state index contributed by atoms with van der Waals surface area (Å²) in [7, 11) is 1.90. The quantitative estimate of drug-likeness (QED) is 0.465. The molecule has 4 aromatic rings. The number of nitrogens with zero attached hydrogens (tertiary/aromatic N) is 5. The Morgan fingerprint density at radius 2 is 1.88 bits per heavy atom. The molecule has 0 bridgehead atoms. The minimum Gasteiger partial charge on any atom is -0.396 e. The van der Waals surface area contributed by atoms with E-state index >= 15 is 0 Å². The Morgan fingerprint density at radius 3 is 2.53 bits per heavy atom. The number of rotatable bonds is 7. The van der Waals surface area contributed by atoms with Gasteiger partial charge in [0.1, 0.15) is 5.65 Å². The molecule has 4 rings (SSSR count). The van der Waals surface area contributed by atoms with Crippen molar-refractivity contribution >= 4 is 17.0 Å². The molecule has 0 saturated carbocycles. The van der Waals surface area contributed by atoms with Crippen LogP contribution < -0.4 is 10.9 Å².